The Balaban J connectivity index is 0.704. The largest absolute Gasteiger partial charge is 0.508 e. The summed E-state index contributed by atoms with van der Waals surface area (Å²) in [7, 11) is 2.01. The Morgan fingerprint density at radius 3 is 2.54 bits per heavy atom. The van der Waals surface area contributed by atoms with Crippen molar-refractivity contribution in [3.05, 3.63) is 88.6 Å². The number of nitrogens with one attached hydrogen (secondary N) is 3. The molecule has 6 atom stereocenters. The standard InChI is InChI=1S/C56H59F2N9O5/c1-4-39-46(57)11-6-33-20-38(68)23-44(48(33)39)50-49(58)51-45(24-59-50)52(67-26-34-7-8-35(27-67)60-34)64-55(63-51)72-28-37-22-36(25-65(37)3)61-54(71)56(15-16-56)29-66-17-13-31(14-18-66)32-5-9-40-42(21-32)30(2)19-43(40)41-10-12-47(69)62-53(41)70/h1,5-6,9,11,19-21,23-24,30-31,34-37,41,60,68H,7-8,10,12-18,22,25-29H2,2-3H3,(H,61,71)(H,62,69,70)/t30?,34?,35?,36-,37?,41?/m1/s1. The van der Waals surface area contributed by atoms with E-state index < -0.39 is 11.6 Å². The number of allylic oxidation sites excluding steroid dienone is 1. The van der Waals surface area contributed by atoms with Gasteiger partial charge in [-0.25, -0.2) is 8.78 Å². The fraction of sp³-hybridized carbons (Fsp3) is 0.464. The number of rotatable bonds is 11. The van der Waals surface area contributed by atoms with Crippen molar-refractivity contribution in [3.63, 3.8) is 0 Å². The molecule has 0 radical (unpaired) electrons. The summed E-state index contributed by atoms with van der Waals surface area (Å²) in [6.45, 7) is 6.98. The molecule has 2 bridgehead atoms. The van der Waals surface area contributed by atoms with E-state index in [1.165, 1.54) is 41.6 Å². The van der Waals surface area contributed by atoms with Crippen molar-refractivity contribution in [1.82, 2.24) is 40.7 Å². The predicted molar refractivity (Wildman–Crippen MR) is 269 cm³/mol. The van der Waals surface area contributed by atoms with Crippen LogP contribution in [0.5, 0.6) is 11.8 Å². The minimum Gasteiger partial charge on any atom is -0.508 e. The molecule has 16 heteroatoms. The van der Waals surface area contributed by atoms with Crippen LogP contribution in [0, 0.1) is 35.3 Å². The molecule has 12 rings (SSSR count). The number of carbonyl (C=O) groups excluding carboxylic acids is 3. The maximum atomic E-state index is 17.2. The highest BCUT2D eigenvalue weighted by Gasteiger charge is 2.52. The molecular formula is C56H59F2N9O5. The number of likely N-dealkylation sites (tertiary alicyclic amines) is 2. The normalized spacial score (nSPS) is 26.2. The van der Waals surface area contributed by atoms with E-state index in [9.17, 15) is 19.5 Å². The van der Waals surface area contributed by atoms with E-state index in [2.05, 4.69) is 77.7 Å². The number of carbonyl (C=O) groups is 3. The van der Waals surface area contributed by atoms with Crippen molar-refractivity contribution in [2.75, 3.05) is 57.8 Å². The number of ether oxygens (including phenoxy) is 1. The average Bonchev–Trinajstić information content (AvgIpc) is 3.82. The summed E-state index contributed by atoms with van der Waals surface area (Å²) in [5.41, 5.74) is 4.30. The van der Waals surface area contributed by atoms with Gasteiger partial charge in [-0.15, -0.1) is 6.42 Å². The maximum absolute atomic E-state index is 17.2. The first-order chi connectivity index (χ1) is 34.8. The monoisotopic (exact) mass is 975 g/mol. The van der Waals surface area contributed by atoms with Gasteiger partial charge in [0.05, 0.1) is 22.3 Å². The summed E-state index contributed by atoms with van der Waals surface area (Å²) >= 11 is 0. The van der Waals surface area contributed by atoms with Crippen LogP contribution >= 0.6 is 0 Å². The molecular weight excluding hydrogens is 917 g/mol. The number of piperidine rings is 2. The van der Waals surface area contributed by atoms with E-state index in [0.29, 0.717) is 61.4 Å². The number of nitrogens with zero attached hydrogens (tertiary/aromatic N) is 6. The molecule has 2 aromatic heterocycles. The van der Waals surface area contributed by atoms with Gasteiger partial charge in [0.15, 0.2) is 5.82 Å². The number of hydrogen-bond donors (Lipinski definition) is 4. The fourth-order valence-electron chi connectivity index (χ4n) is 12.8. The number of fused-ring (bicyclic) bond motifs is 5. The third kappa shape index (κ3) is 8.42. The quantitative estimate of drug-likeness (QED) is 0.0837. The van der Waals surface area contributed by atoms with E-state index >= 15 is 8.78 Å². The first kappa shape index (κ1) is 46.5. The molecule has 3 aromatic carbocycles. The second-order valence-electron chi connectivity index (χ2n) is 21.6. The average molecular weight is 976 g/mol. The number of anilines is 1. The molecule has 4 N–H and O–H groups in total. The first-order valence-corrected chi connectivity index (χ1v) is 25.7. The second-order valence-corrected chi connectivity index (χ2v) is 21.6. The smallest absolute Gasteiger partial charge is 0.319 e. The highest BCUT2D eigenvalue weighted by molar-refractivity contribution is 6.05. The molecule has 5 saturated heterocycles. The van der Waals surface area contributed by atoms with Gasteiger partial charge in [0, 0.05) is 79.8 Å². The highest BCUT2D eigenvalue weighted by atomic mass is 19.1. The number of phenols is 1. The minimum atomic E-state index is -0.771. The molecule has 372 valence electrons. The summed E-state index contributed by atoms with van der Waals surface area (Å²) in [5.74, 6) is 1.42. The number of imide groups is 1. The number of phenolic OH excluding ortho intramolecular Hbond substituents is 1. The van der Waals surface area contributed by atoms with Crippen LogP contribution in [-0.4, -0.2) is 125 Å². The second kappa shape index (κ2) is 18.2. The number of hydrogen-bond acceptors (Lipinski definition) is 12. The number of piperazine rings is 1. The molecule has 2 aliphatic carbocycles. The van der Waals surface area contributed by atoms with Crippen molar-refractivity contribution in [2.24, 2.45) is 11.3 Å². The third-order valence-corrected chi connectivity index (χ3v) is 16.9. The predicted octanol–water partition coefficient (Wildman–Crippen LogP) is 6.53. The third-order valence-electron chi connectivity index (χ3n) is 16.9. The Hall–Kier alpha value is -6.54. The van der Waals surface area contributed by atoms with Crippen LogP contribution in [0.2, 0.25) is 0 Å². The molecule has 5 unspecified atom stereocenters. The van der Waals surface area contributed by atoms with E-state index in [0.717, 1.165) is 69.3 Å². The molecule has 1 saturated carbocycles. The molecule has 5 aliphatic heterocycles. The molecule has 72 heavy (non-hydrogen) atoms. The number of aromatic hydroxyl groups is 1. The van der Waals surface area contributed by atoms with Crippen LogP contribution in [0.3, 0.4) is 0 Å². The van der Waals surface area contributed by atoms with Crippen molar-refractivity contribution in [2.45, 2.75) is 101 Å². The van der Waals surface area contributed by atoms with Crippen molar-refractivity contribution < 1.29 is 33.0 Å². The van der Waals surface area contributed by atoms with Crippen LogP contribution < -0.4 is 25.6 Å². The van der Waals surface area contributed by atoms with Gasteiger partial charge < -0.3 is 30.3 Å². The van der Waals surface area contributed by atoms with E-state index in [4.69, 9.17) is 16.1 Å². The molecule has 7 heterocycles. The van der Waals surface area contributed by atoms with Gasteiger partial charge in [-0.3, -0.25) is 29.6 Å². The Labute approximate surface area is 417 Å². The van der Waals surface area contributed by atoms with Gasteiger partial charge in [-0.2, -0.15) is 9.97 Å². The zero-order valence-corrected chi connectivity index (χ0v) is 40.6. The van der Waals surface area contributed by atoms with Crippen LogP contribution in [0.1, 0.15) is 98.8 Å². The van der Waals surface area contributed by atoms with Gasteiger partial charge >= 0.3 is 6.01 Å². The SMILES string of the molecule is C#Cc1c(F)ccc2cc(O)cc(-c3ncc4c(N5CC6CCC(C5)N6)nc(OCC5C[C@@H](NC(=O)C6(CN7CCC(c8ccc9c(c8)C(C)C=C9C8CCC(=O)NC8=O)CC7)CC6)CN5C)nc4c3F)c12. The van der Waals surface area contributed by atoms with Crippen LogP contribution in [0.15, 0.2) is 54.7 Å². The summed E-state index contributed by atoms with van der Waals surface area (Å²) in [4.78, 5) is 59.5. The van der Waals surface area contributed by atoms with Crippen molar-refractivity contribution in [1.29, 1.82) is 0 Å². The van der Waals surface area contributed by atoms with E-state index in [1.807, 2.05) is 7.05 Å². The molecule has 7 aliphatic rings. The molecule has 3 amide bonds. The van der Waals surface area contributed by atoms with Gasteiger partial charge in [0.1, 0.15) is 35.2 Å². The Morgan fingerprint density at radius 2 is 1.79 bits per heavy atom. The van der Waals surface area contributed by atoms with E-state index in [-0.39, 0.29) is 105 Å². The lowest BCUT2D eigenvalue weighted by Crippen LogP contribution is -2.51. The lowest BCUT2D eigenvalue weighted by Gasteiger charge is -2.35. The first-order valence-electron chi connectivity index (χ1n) is 25.7. The topological polar surface area (TPSA) is 165 Å². The van der Waals surface area contributed by atoms with Gasteiger partial charge in [-0.05, 0) is 123 Å². The zero-order chi connectivity index (χ0) is 49.6. The van der Waals surface area contributed by atoms with Gasteiger partial charge in [0.2, 0.25) is 17.7 Å². The van der Waals surface area contributed by atoms with Gasteiger partial charge in [-0.1, -0.05) is 43.2 Å². The number of likely N-dealkylation sites (N-methyl/N-ethyl adjacent to an activating group) is 1. The Morgan fingerprint density at radius 1 is 1.00 bits per heavy atom. The highest BCUT2D eigenvalue weighted by Crippen LogP contribution is 2.48. The van der Waals surface area contributed by atoms with Crippen LogP contribution in [0.4, 0.5) is 14.6 Å². The maximum Gasteiger partial charge on any atom is 0.319 e. The molecule has 0 spiro atoms. The number of pyridine rings is 1. The van der Waals surface area contributed by atoms with Crippen LogP contribution in [-0.2, 0) is 14.4 Å². The zero-order valence-electron chi connectivity index (χ0n) is 40.6. The number of aromatic nitrogens is 3. The number of halogens is 2. The summed E-state index contributed by atoms with van der Waals surface area (Å²) < 4.78 is 38.6. The Kier molecular flexibility index (Phi) is 11.8. The van der Waals surface area contributed by atoms with Crippen molar-refractivity contribution in [3.8, 4) is 35.4 Å². The fourth-order valence-corrected chi connectivity index (χ4v) is 12.8. The molecule has 6 fully saturated rings. The van der Waals surface area contributed by atoms with Crippen LogP contribution in [0.25, 0.3) is 38.5 Å². The molecule has 5 aromatic rings. The number of benzene rings is 3. The summed E-state index contributed by atoms with van der Waals surface area (Å²) in [6.07, 6.45) is 16.9. The number of amides is 3. The molecule has 14 nitrogen and oxygen atoms in total. The summed E-state index contributed by atoms with van der Waals surface area (Å²) in [5, 5.41) is 21.4. The lowest BCUT2D eigenvalue weighted by atomic mass is 9.84. The Bertz CT molecular complexity index is 3130. The minimum absolute atomic E-state index is 0.0116. The van der Waals surface area contributed by atoms with Gasteiger partial charge in [0.25, 0.3) is 0 Å². The number of terminal acetylenes is 1. The summed E-state index contributed by atoms with van der Waals surface area (Å²) in [6, 6.07) is 12.6. The van der Waals surface area contributed by atoms with Crippen molar-refractivity contribution >= 4 is 50.8 Å². The lowest BCUT2D eigenvalue weighted by molar-refractivity contribution is -0.135. The van der Waals surface area contributed by atoms with E-state index in [1.54, 1.807) is 0 Å².